The first-order valence-corrected chi connectivity index (χ1v) is 6.42. The summed E-state index contributed by atoms with van der Waals surface area (Å²) in [4.78, 5) is 11.2. The predicted molar refractivity (Wildman–Crippen MR) is 72.6 cm³/mol. The van der Waals surface area contributed by atoms with Crippen LogP contribution in [0.15, 0.2) is 29.4 Å². The quantitative estimate of drug-likeness (QED) is 0.633. The minimum Gasteiger partial charge on any atom is -0.449 e. The van der Waals surface area contributed by atoms with Crippen molar-refractivity contribution in [2.24, 2.45) is 5.10 Å². The second-order valence-corrected chi connectivity index (χ2v) is 4.00. The van der Waals surface area contributed by atoms with Crippen molar-refractivity contribution in [3.8, 4) is 0 Å². The zero-order valence-electron chi connectivity index (χ0n) is 11.3. The molecule has 0 aliphatic heterocycles. The van der Waals surface area contributed by atoms with Crippen molar-refractivity contribution in [1.29, 1.82) is 0 Å². The lowest BCUT2D eigenvalue weighted by atomic mass is 10.1. The number of hydrazone groups is 1. The molecule has 1 N–H and O–H groups in total. The van der Waals surface area contributed by atoms with Crippen LogP contribution >= 0.6 is 0 Å². The van der Waals surface area contributed by atoms with Gasteiger partial charge in [0.2, 0.25) is 0 Å². The largest absolute Gasteiger partial charge is 0.449 e. The fourth-order valence-electron chi connectivity index (χ4n) is 1.53. The number of benzene rings is 1. The van der Waals surface area contributed by atoms with Crippen LogP contribution in [0.4, 0.5) is 9.18 Å². The summed E-state index contributed by atoms with van der Waals surface area (Å²) in [6.07, 6.45) is 2.09. The molecule has 1 rings (SSSR count). The molecule has 5 heteroatoms. The Morgan fingerprint density at radius 1 is 1.32 bits per heavy atom. The van der Waals surface area contributed by atoms with Crippen molar-refractivity contribution in [1.82, 2.24) is 5.43 Å². The summed E-state index contributed by atoms with van der Waals surface area (Å²) in [6, 6.07) is 6.05. The first-order chi connectivity index (χ1) is 9.17. The van der Waals surface area contributed by atoms with Gasteiger partial charge in [0.05, 0.1) is 12.3 Å². The Hall–Kier alpha value is -1.91. The van der Waals surface area contributed by atoms with E-state index in [0.29, 0.717) is 13.0 Å². The van der Waals surface area contributed by atoms with Crippen LogP contribution in [-0.2, 0) is 4.74 Å². The first-order valence-electron chi connectivity index (χ1n) is 6.42. The van der Waals surface area contributed by atoms with Gasteiger partial charge in [-0.3, -0.25) is 0 Å². The maximum Gasteiger partial charge on any atom is 0.427 e. The standard InChI is InChI=1S/C14H19FN2O2/c1-3-5-6-13(16-17-14(18)19-4-2)11-7-9-12(15)10-8-11/h7-10H,3-6H2,1-2H3,(H,17,18)/b16-13-. The number of carbonyl (C=O) groups excluding carboxylic acids is 1. The molecule has 0 aromatic heterocycles. The van der Waals surface area contributed by atoms with Crippen molar-refractivity contribution >= 4 is 11.8 Å². The highest BCUT2D eigenvalue weighted by molar-refractivity contribution is 6.00. The van der Waals surface area contributed by atoms with E-state index in [-0.39, 0.29) is 5.82 Å². The third-order valence-corrected chi connectivity index (χ3v) is 2.50. The summed E-state index contributed by atoms with van der Waals surface area (Å²) in [5, 5.41) is 4.05. The molecule has 0 saturated heterocycles. The monoisotopic (exact) mass is 266 g/mol. The average molecular weight is 266 g/mol. The highest BCUT2D eigenvalue weighted by Gasteiger charge is 2.05. The van der Waals surface area contributed by atoms with Crippen molar-refractivity contribution in [2.45, 2.75) is 33.1 Å². The lowest BCUT2D eigenvalue weighted by molar-refractivity contribution is 0.152. The van der Waals surface area contributed by atoms with E-state index in [1.165, 1.54) is 12.1 Å². The van der Waals surface area contributed by atoms with Gasteiger partial charge >= 0.3 is 6.09 Å². The number of halogens is 1. The van der Waals surface area contributed by atoms with Crippen LogP contribution < -0.4 is 5.43 Å². The van der Waals surface area contributed by atoms with E-state index in [1.54, 1.807) is 19.1 Å². The number of hydrogen-bond acceptors (Lipinski definition) is 3. The Morgan fingerprint density at radius 2 is 2.00 bits per heavy atom. The van der Waals surface area contributed by atoms with Gasteiger partial charge in [-0.05, 0) is 37.5 Å². The predicted octanol–water partition coefficient (Wildman–Crippen LogP) is 3.47. The molecule has 0 aliphatic rings. The van der Waals surface area contributed by atoms with Crippen LogP contribution in [0, 0.1) is 5.82 Å². The zero-order valence-corrected chi connectivity index (χ0v) is 11.3. The molecule has 0 radical (unpaired) electrons. The van der Waals surface area contributed by atoms with E-state index in [0.717, 1.165) is 24.1 Å². The number of ether oxygens (including phenoxy) is 1. The summed E-state index contributed by atoms with van der Waals surface area (Å²) < 4.78 is 17.6. The molecule has 0 spiro atoms. The Labute approximate surface area is 112 Å². The van der Waals surface area contributed by atoms with Gasteiger partial charge in [-0.2, -0.15) is 5.10 Å². The number of amides is 1. The molecule has 104 valence electrons. The molecule has 1 aromatic carbocycles. The molecule has 0 aliphatic carbocycles. The summed E-state index contributed by atoms with van der Waals surface area (Å²) in [5.74, 6) is -0.294. The molecule has 0 saturated carbocycles. The van der Waals surface area contributed by atoms with Crippen LogP contribution in [0.25, 0.3) is 0 Å². The Morgan fingerprint density at radius 3 is 2.58 bits per heavy atom. The van der Waals surface area contributed by atoms with E-state index < -0.39 is 6.09 Å². The van der Waals surface area contributed by atoms with E-state index in [9.17, 15) is 9.18 Å². The highest BCUT2D eigenvalue weighted by atomic mass is 19.1. The Kier molecular flexibility index (Phi) is 6.57. The molecule has 4 nitrogen and oxygen atoms in total. The molecule has 19 heavy (non-hydrogen) atoms. The summed E-state index contributed by atoms with van der Waals surface area (Å²) >= 11 is 0. The maximum atomic E-state index is 12.9. The topological polar surface area (TPSA) is 50.7 Å². The van der Waals surface area contributed by atoms with E-state index in [4.69, 9.17) is 4.74 Å². The molecule has 0 unspecified atom stereocenters. The molecule has 1 aromatic rings. The number of rotatable bonds is 6. The Balaban J connectivity index is 2.78. The fraction of sp³-hybridized carbons (Fsp3) is 0.429. The van der Waals surface area contributed by atoms with Gasteiger partial charge in [0.15, 0.2) is 0 Å². The molecule has 0 fully saturated rings. The maximum absolute atomic E-state index is 12.9. The number of carbonyl (C=O) groups is 1. The van der Waals surface area contributed by atoms with Crippen molar-refractivity contribution < 1.29 is 13.9 Å². The van der Waals surface area contributed by atoms with Crippen LogP contribution in [-0.4, -0.2) is 18.4 Å². The van der Waals surface area contributed by atoms with Gasteiger partial charge in [-0.15, -0.1) is 0 Å². The second kappa shape index (κ2) is 8.24. The lowest BCUT2D eigenvalue weighted by Crippen LogP contribution is -2.21. The van der Waals surface area contributed by atoms with E-state index in [1.807, 2.05) is 0 Å². The van der Waals surface area contributed by atoms with Crippen LogP contribution in [0.1, 0.15) is 38.7 Å². The van der Waals surface area contributed by atoms with Gasteiger partial charge in [0.25, 0.3) is 0 Å². The van der Waals surface area contributed by atoms with Crippen molar-refractivity contribution in [3.63, 3.8) is 0 Å². The van der Waals surface area contributed by atoms with Crippen molar-refractivity contribution in [2.75, 3.05) is 6.61 Å². The molecular formula is C14H19FN2O2. The first kappa shape index (κ1) is 15.1. The number of hydrogen-bond donors (Lipinski definition) is 1. The van der Waals surface area contributed by atoms with Crippen LogP contribution in [0.3, 0.4) is 0 Å². The number of nitrogens with zero attached hydrogens (tertiary/aromatic N) is 1. The summed E-state index contributed by atoms with van der Waals surface area (Å²) in [7, 11) is 0. The van der Waals surface area contributed by atoms with E-state index in [2.05, 4.69) is 17.5 Å². The molecular weight excluding hydrogens is 247 g/mol. The summed E-state index contributed by atoms with van der Waals surface area (Å²) in [5.41, 5.74) is 3.85. The fourth-order valence-corrected chi connectivity index (χ4v) is 1.53. The SMILES string of the molecule is CCCC/C(=N/NC(=O)OCC)c1ccc(F)cc1. The lowest BCUT2D eigenvalue weighted by Gasteiger charge is -2.07. The minimum absolute atomic E-state index is 0.294. The van der Waals surface area contributed by atoms with Gasteiger partial charge in [-0.1, -0.05) is 25.5 Å². The third kappa shape index (κ3) is 5.50. The molecule has 0 bridgehead atoms. The van der Waals surface area contributed by atoms with Crippen LogP contribution in [0.2, 0.25) is 0 Å². The zero-order chi connectivity index (χ0) is 14.1. The smallest absolute Gasteiger partial charge is 0.427 e. The average Bonchev–Trinajstić information content (AvgIpc) is 2.40. The van der Waals surface area contributed by atoms with Crippen LogP contribution in [0.5, 0.6) is 0 Å². The Bertz CT molecular complexity index is 430. The van der Waals surface area contributed by atoms with E-state index >= 15 is 0 Å². The number of unbranched alkanes of at least 4 members (excludes halogenated alkanes) is 1. The van der Waals surface area contributed by atoms with Gasteiger partial charge < -0.3 is 4.74 Å². The highest BCUT2D eigenvalue weighted by Crippen LogP contribution is 2.09. The molecule has 0 heterocycles. The normalized spacial score (nSPS) is 11.2. The summed E-state index contributed by atoms with van der Waals surface area (Å²) in [6.45, 7) is 4.09. The van der Waals surface area contributed by atoms with Gasteiger partial charge in [0, 0.05) is 0 Å². The third-order valence-electron chi connectivity index (χ3n) is 2.50. The molecule has 1 amide bonds. The molecule has 0 atom stereocenters. The van der Waals surface area contributed by atoms with Gasteiger partial charge in [0.1, 0.15) is 5.82 Å². The number of nitrogens with one attached hydrogen (secondary N) is 1. The van der Waals surface area contributed by atoms with Crippen molar-refractivity contribution in [3.05, 3.63) is 35.6 Å². The second-order valence-electron chi connectivity index (χ2n) is 4.00. The minimum atomic E-state index is -0.585. The van der Waals surface area contributed by atoms with Gasteiger partial charge in [-0.25, -0.2) is 14.6 Å².